The van der Waals surface area contributed by atoms with Crippen LogP contribution >= 0.6 is 0 Å². The lowest BCUT2D eigenvalue weighted by atomic mass is 9.98. The fraction of sp³-hybridized carbons (Fsp3) is 0.709. The minimum absolute atomic E-state index is 0.112. The fourth-order valence-electron chi connectivity index (χ4n) is 7.52. The van der Waals surface area contributed by atoms with Gasteiger partial charge in [0.2, 0.25) is 0 Å². The fourth-order valence-corrected chi connectivity index (χ4v) is 7.52. The molecule has 2 heterocycles. The van der Waals surface area contributed by atoms with Gasteiger partial charge in [0.1, 0.15) is 55.4 Å². The van der Waals surface area contributed by atoms with E-state index >= 15 is 0 Å². The van der Waals surface area contributed by atoms with Crippen molar-refractivity contribution in [3.8, 4) is 0 Å². The second-order valence-electron chi connectivity index (χ2n) is 18.0. The molecule has 15 heteroatoms. The van der Waals surface area contributed by atoms with Gasteiger partial charge in [-0.3, -0.25) is 9.59 Å². The van der Waals surface area contributed by atoms with E-state index in [1.807, 2.05) is 6.08 Å². The molecule has 400 valence electrons. The minimum atomic E-state index is -1.78. The van der Waals surface area contributed by atoms with E-state index in [0.29, 0.717) is 19.3 Å². The van der Waals surface area contributed by atoms with Crippen LogP contribution in [0, 0.1) is 0 Å². The predicted octanol–water partition coefficient (Wildman–Crippen LogP) is 7.60. The van der Waals surface area contributed by atoms with Crippen LogP contribution in [0.1, 0.15) is 155 Å². The number of ether oxygens (including phenoxy) is 6. The zero-order valence-corrected chi connectivity index (χ0v) is 42.2. The molecule has 2 saturated heterocycles. The van der Waals surface area contributed by atoms with Crippen molar-refractivity contribution >= 4 is 11.9 Å². The number of aliphatic hydroxyl groups excluding tert-OH is 7. The van der Waals surface area contributed by atoms with Gasteiger partial charge in [0, 0.05) is 12.8 Å². The molecule has 7 N–H and O–H groups in total. The van der Waals surface area contributed by atoms with E-state index in [1.54, 1.807) is 0 Å². The summed E-state index contributed by atoms with van der Waals surface area (Å²) in [6, 6.07) is 0. The summed E-state index contributed by atoms with van der Waals surface area (Å²) in [7, 11) is 0. The first-order valence-corrected chi connectivity index (χ1v) is 26.2. The Labute approximate surface area is 418 Å². The van der Waals surface area contributed by atoms with E-state index in [2.05, 4.69) is 92.8 Å². The number of unbranched alkanes of at least 4 members (excludes halogenated alkanes) is 11. The van der Waals surface area contributed by atoms with E-state index in [4.69, 9.17) is 28.4 Å². The Balaban J connectivity index is 1.85. The number of hydrogen-bond donors (Lipinski definition) is 7. The highest BCUT2D eigenvalue weighted by molar-refractivity contribution is 5.70. The quantitative estimate of drug-likeness (QED) is 0.0179. The monoisotopic (exact) mass is 991 g/mol. The lowest BCUT2D eigenvalue weighted by molar-refractivity contribution is -0.332. The molecule has 0 aliphatic carbocycles. The smallest absolute Gasteiger partial charge is 0.306 e. The summed E-state index contributed by atoms with van der Waals surface area (Å²) in [5.74, 6) is -1.03. The van der Waals surface area contributed by atoms with Gasteiger partial charge < -0.3 is 64.2 Å². The summed E-state index contributed by atoms with van der Waals surface area (Å²) in [6.45, 7) is 2.41. The Bertz CT molecular complexity index is 1540. The molecule has 0 saturated carbocycles. The van der Waals surface area contributed by atoms with Gasteiger partial charge in [0.15, 0.2) is 18.7 Å². The second-order valence-corrected chi connectivity index (χ2v) is 18.0. The first kappa shape index (κ1) is 62.8. The van der Waals surface area contributed by atoms with Crippen LogP contribution in [0.15, 0.2) is 85.1 Å². The summed E-state index contributed by atoms with van der Waals surface area (Å²) in [4.78, 5) is 25.8. The molecule has 70 heavy (non-hydrogen) atoms. The van der Waals surface area contributed by atoms with Crippen molar-refractivity contribution in [2.75, 3.05) is 26.4 Å². The van der Waals surface area contributed by atoms with Crippen molar-refractivity contribution in [3.63, 3.8) is 0 Å². The van der Waals surface area contributed by atoms with Gasteiger partial charge in [-0.25, -0.2) is 0 Å². The van der Waals surface area contributed by atoms with E-state index in [0.717, 1.165) is 64.2 Å². The van der Waals surface area contributed by atoms with Crippen molar-refractivity contribution in [1.29, 1.82) is 0 Å². The van der Waals surface area contributed by atoms with E-state index in [9.17, 15) is 45.3 Å². The lowest BCUT2D eigenvalue weighted by Gasteiger charge is -2.42. The Hall–Kier alpha value is -3.32. The van der Waals surface area contributed by atoms with E-state index in [-0.39, 0.29) is 19.4 Å². The van der Waals surface area contributed by atoms with Crippen molar-refractivity contribution in [2.45, 2.75) is 223 Å². The molecule has 0 aromatic heterocycles. The molecular weight excluding hydrogens is 901 g/mol. The molecule has 2 fully saturated rings. The van der Waals surface area contributed by atoms with Gasteiger partial charge in [0.05, 0.1) is 19.8 Å². The van der Waals surface area contributed by atoms with Gasteiger partial charge in [0.25, 0.3) is 0 Å². The first-order valence-electron chi connectivity index (χ1n) is 26.2. The molecule has 11 atom stereocenters. The number of carbonyl (C=O) groups excluding carboxylic acids is 2. The summed E-state index contributed by atoms with van der Waals surface area (Å²) in [5.41, 5.74) is 0. The zero-order valence-electron chi connectivity index (χ0n) is 42.2. The third-order valence-electron chi connectivity index (χ3n) is 11.8. The van der Waals surface area contributed by atoms with Crippen LogP contribution in [0.4, 0.5) is 0 Å². The topological polar surface area (TPSA) is 231 Å². The molecule has 0 bridgehead atoms. The minimum Gasteiger partial charge on any atom is -0.462 e. The van der Waals surface area contributed by atoms with Crippen molar-refractivity contribution in [2.24, 2.45) is 0 Å². The maximum atomic E-state index is 13.0. The number of rotatable bonds is 39. The first-order chi connectivity index (χ1) is 34.0. The average Bonchev–Trinajstić information content (AvgIpc) is 3.35. The van der Waals surface area contributed by atoms with Gasteiger partial charge in [-0.2, -0.15) is 0 Å². The van der Waals surface area contributed by atoms with Crippen LogP contribution in [-0.4, -0.2) is 142 Å². The molecule has 4 unspecified atom stereocenters. The average molecular weight is 991 g/mol. The van der Waals surface area contributed by atoms with E-state index < -0.39 is 99.3 Å². The number of hydrogen-bond acceptors (Lipinski definition) is 15. The number of esters is 2. The van der Waals surface area contributed by atoms with Gasteiger partial charge >= 0.3 is 11.9 Å². The molecule has 0 spiro atoms. The van der Waals surface area contributed by atoms with Gasteiger partial charge in [-0.15, -0.1) is 0 Å². The summed E-state index contributed by atoms with van der Waals surface area (Å²) < 4.78 is 33.5. The van der Waals surface area contributed by atoms with Crippen LogP contribution in [0.5, 0.6) is 0 Å². The third kappa shape index (κ3) is 28.7. The molecule has 2 aliphatic rings. The highest BCUT2D eigenvalue weighted by atomic mass is 16.7. The van der Waals surface area contributed by atoms with Crippen LogP contribution in [0.2, 0.25) is 0 Å². The molecule has 0 amide bonds. The van der Waals surface area contributed by atoms with Crippen LogP contribution in [0.25, 0.3) is 0 Å². The summed E-state index contributed by atoms with van der Waals surface area (Å²) in [6.07, 6.45) is 33.3. The maximum absolute atomic E-state index is 13.0. The molecule has 2 aliphatic heterocycles. The number of allylic oxidation sites excluding steroid dienone is 14. The SMILES string of the molecule is CCC/C=C/C/C=C/C/C=C/C/C=C/CCCCCC(=O)O[C@@H](COC(=O)CCC/C=C/C/C=C/C/C=C/CCCCCCCC)CO[C@@H]1O[C@H](CO[C@@H]2O[C@H](CO)[C@H](O)C(O)C2O)[C@H](O)C(O)C1O. The van der Waals surface area contributed by atoms with Crippen molar-refractivity contribution in [3.05, 3.63) is 85.1 Å². The highest BCUT2D eigenvalue weighted by Gasteiger charge is 2.47. The molecule has 0 aromatic rings. The molecule has 0 aromatic carbocycles. The lowest BCUT2D eigenvalue weighted by Crippen LogP contribution is -2.61. The van der Waals surface area contributed by atoms with Crippen molar-refractivity contribution in [1.82, 2.24) is 0 Å². The zero-order chi connectivity index (χ0) is 51.0. The predicted molar refractivity (Wildman–Crippen MR) is 270 cm³/mol. The third-order valence-corrected chi connectivity index (χ3v) is 11.8. The molecule has 0 radical (unpaired) electrons. The Morgan fingerprint density at radius 2 is 0.900 bits per heavy atom. The van der Waals surface area contributed by atoms with E-state index in [1.165, 1.54) is 44.9 Å². The largest absolute Gasteiger partial charge is 0.462 e. The normalized spacial score (nSPS) is 26.1. The molecule has 15 nitrogen and oxygen atoms in total. The Kier molecular flexibility index (Phi) is 36.9. The molecule has 2 rings (SSSR count). The standard InChI is InChI=1S/C55H90O15/c1-3-5-7-9-11-13-15-17-19-21-23-25-27-29-31-33-35-37-46(57)65-40-43(68-47(58)38-36-34-32-30-28-26-24-22-20-18-16-14-12-10-8-6-4-2)41-66-54-53(64)51(62)49(60)45(70-54)42-67-55-52(63)50(61)48(59)44(39-56)69-55/h8,10,14,16-17,19-20,22-23,25-26,28-29,31,43-45,48-56,59-64H,3-7,9,11-13,15,18,21,24,27,30,32-42H2,1-2H3/b10-8+,16-14+,19-17+,22-20+,25-23+,28-26+,31-29+/t43-,44+,45+,48-,49-,50?,51?,52?,53?,54+,55+/m0/s1. The van der Waals surface area contributed by atoms with Crippen LogP contribution < -0.4 is 0 Å². The van der Waals surface area contributed by atoms with Crippen LogP contribution in [0.3, 0.4) is 0 Å². The number of carbonyl (C=O) groups is 2. The maximum Gasteiger partial charge on any atom is 0.306 e. The Morgan fingerprint density at radius 1 is 0.457 bits per heavy atom. The van der Waals surface area contributed by atoms with Gasteiger partial charge in [-0.05, 0) is 83.5 Å². The van der Waals surface area contributed by atoms with Crippen molar-refractivity contribution < 1.29 is 73.8 Å². The highest BCUT2D eigenvalue weighted by Crippen LogP contribution is 2.26. The summed E-state index contributed by atoms with van der Waals surface area (Å²) >= 11 is 0. The second kappa shape index (κ2) is 41.2. The summed E-state index contributed by atoms with van der Waals surface area (Å²) in [5, 5.41) is 72.1. The molecular formula is C55H90O15. The van der Waals surface area contributed by atoms with Gasteiger partial charge in [-0.1, -0.05) is 144 Å². The Morgan fingerprint density at radius 3 is 1.44 bits per heavy atom. The number of aliphatic hydroxyl groups is 7. The van der Waals surface area contributed by atoms with Crippen LogP contribution in [-0.2, 0) is 38.0 Å².